The molecule has 3 nitrogen and oxygen atoms in total. The molecule has 1 rings (SSSR count). The van der Waals surface area contributed by atoms with Gasteiger partial charge in [0.15, 0.2) is 0 Å². The van der Waals surface area contributed by atoms with Crippen LogP contribution in [-0.2, 0) is 10.9 Å². The zero-order valence-electron chi connectivity index (χ0n) is 11.3. The lowest BCUT2D eigenvalue weighted by Crippen LogP contribution is -2.25. The van der Waals surface area contributed by atoms with Gasteiger partial charge in [-0.15, -0.1) is 0 Å². The van der Waals surface area contributed by atoms with E-state index in [-0.39, 0.29) is 5.60 Å². The van der Waals surface area contributed by atoms with Crippen LogP contribution in [-0.4, -0.2) is 17.7 Å². The summed E-state index contributed by atoms with van der Waals surface area (Å²) >= 11 is 0. The van der Waals surface area contributed by atoms with Gasteiger partial charge in [0.2, 0.25) is 0 Å². The van der Waals surface area contributed by atoms with E-state index in [1.165, 1.54) is 6.07 Å². The fraction of sp³-hybridized carbons (Fsp3) is 0.615. The smallest absolute Gasteiger partial charge is 0.379 e. The molecule has 1 aromatic heterocycles. The number of methoxy groups -OCH3 is 1. The Morgan fingerprint density at radius 1 is 1.32 bits per heavy atom. The van der Waals surface area contributed by atoms with Gasteiger partial charge < -0.3 is 10.5 Å². The SMILES string of the molecule is COC(C)(C)CCC(N)c1ccc(C(F)(F)F)cn1. The van der Waals surface area contributed by atoms with Gasteiger partial charge in [0.05, 0.1) is 16.9 Å². The van der Waals surface area contributed by atoms with Gasteiger partial charge in [-0.25, -0.2) is 0 Å². The van der Waals surface area contributed by atoms with Crippen LogP contribution in [0.3, 0.4) is 0 Å². The first-order chi connectivity index (χ1) is 8.65. The van der Waals surface area contributed by atoms with Gasteiger partial charge in [0.1, 0.15) is 0 Å². The Labute approximate surface area is 111 Å². The van der Waals surface area contributed by atoms with Crippen molar-refractivity contribution < 1.29 is 17.9 Å². The molecule has 108 valence electrons. The second kappa shape index (κ2) is 5.88. The van der Waals surface area contributed by atoms with Gasteiger partial charge in [-0.1, -0.05) is 0 Å². The minimum atomic E-state index is -4.37. The van der Waals surface area contributed by atoms with Crippen LogP contribution in [0.15, 0.2) is 18.3 Å². The maximum Gasteiger partial charge on any atom is 0.417 e. The lowest BCUT2D eigenvalue weighted by Gasteiger charge is -2.24. The normalized spacial score (nSPS) is 14.5. The van der Waals surface area contributed by atoms with E-state index in [4.69, 9.17) is 10.5 Å². The highest BCUT2D eigenvalue weighted by molar-refractivity contribution is 5.18. The fourth-order valence-electron chi connectivity index (χ4n) is 1.55. The number of hydrogen-bond acceptors (Lipinski definition) is 3. The summed E-state index contributed by atoms with van der Waals surface area (Å²) in [6.07, 6.45) is -2.25. The number of halogens is 3. The minimum Gasteiger partial charge on any atom is -0.379 e. The van der Waals surface area contributed by atoms with Crippen molar-refractivity contribution in [1.29, 1.82) is 0 Å². The number of nitrogens with two attached hydrogens (primary N) is 1. The van der Waals surface area contributed by atoms with E-state index < -0.39 is 17.8 Å². The molecule has 1 heterocycles. The van der Waals surface area contributed by atoms with Crippen molar-refractivity contribution in [2.75, 3.05) is 7.11 Å². The van der Waals surface area contributed by atoms with Crippen LogP contribution in [0.1, 0.15) is 44.0 Å². The van der Waals surface area contributed by atoms with Gasteiger partial charge >= 0.3 is 6.18 Å². The third kappa shape index (κ3) is 4.80. The number of alkyl halides is 3. The largest absolute Gasteiger partial charge is 0.417 e. The van der Waals surface area contributed by atoms with Crippen LogP contribution in [0, 0.1) is 0 Å². The monoisotopic (exact) mass is 276 g/mol. The van der Waals surface area contributed by atoms with E-state index in [0.29, 0.717) is 18.5 Å². The Kier molecular flexibility index (Phi) is 4.92. The topological polar surface area (TPSA) is 48.1 Å². The highest BCUT2D eigenvalue weighted by Crippen LogP contribution is 2.29. The van der Waals surface area contributed by atoms with Gasteiger partial charge in [-0.3, -0.25) is 4.98 Å². The van der Waals surface area contributed by atoms with Gasteiger partial charge in [0, 0.05) is 19.3 Å². The average molecular weight is 276 g/mol. The standard InChI is InChI=1S/C13H19F3N2O/c1-12(2,19-3)7-6-10(17)11-5-4-9(8-18-11)13(14,15)16/h4-5,8,10H,6-7,17H2,1-3H3. The Bertz CT molecular complexity index is 401. The molecule has 0 radical (unpaired) electrons. The molecule has 6 heteroatoms. The molecule has 2 N–H and O–H groups in total. The molecule has 0 saturated heterocycles. The van der Waals surface area contributed by atoms with E-state index in [1.807, 2.05) is 13.8 Å². The molecular formula is C13H19F3N2O. The summed E-state index contributed by atoms with van der Waals surface area (Å²) in [7, 11) is 1.61. The highest BCUT2D eigenvalue weighted by atomic mass is 19.4. The summed E-state index contributed by atoms with van der Waals surface area (Å²) in [5, 5.41) is 0. The third-order valence-electron chi connectivity index (χ3n) is 3.10. The Morgan fingerprint density at radius 2 is 1.95 bits per heavy atom. The number of pyridine rings is 1. The second-order valence-corrected chi connectivity index (χ2v) is 5.08. The van der Waals surface area contributed by atoms with E-state index >= 15 is 0 Å². The predicted octanol–water partition coefficient (Wildman–Crippen LogP) is 3.31. The number of nitrogens with zero attached hydrogens (tertiary/aromatic N) is 1. The van der Waals surface area contributed by atoms with Gasteiger partial charge in [-0.2, -0.15) is 13.2 Å². The van der Waals surface area contributed by atoms with E-state index in [9.17, 15) is 13.2 Å². The Balaban J connectivity index is 2.66. The van der Waals surface area contributed by atoms with Crippen LogP contribution < -0.4 is 5.73 Å². The van der Waals surface area contributed by atoms with Crippen LogP contribution in [0.5, 0.6) is 0 Å². The first-order valence-corrected chi connectivity index (χ1v) is 5.99. The molecule has 0 aliphatic rings. The zero-order chi connectivity index (χ0) is 14.7. The molecule has 1 unspecified atom stereocenters. The van der Waals surface area contributed by atoms with Crippen LogP contribution in [0.4, 0.5) is 13.2 Å². The molecule has 0 spiro atoms. The van der Waals surface area contributed by atoms with E-state index in [2.05, 4.69) is 4.98 Å². The quantitative estimate of drug-likeness (QED) is 0.897. The predicted molar refractivity (Wildman–Crippen MR) is 66.5 cm³/mol. The molecule has 0 bridgehead atoms. The Hall–Kier alpha value is -1.14. The molecule has 0 fully saturated rings. The molecule has 0 saturated carbocycles. The lowest BCUT2D eigenvalue weighted by molar-refractivity contribution is -0.137. The molecule has 0 aliphatic heterocycles. The summed E-state index contributed by atoms with van der Waals surface area (Å²) in [5.41, 5.74) is 5.31. The number of hydrogen-bond donors (Lipinski definition) is 1. The molecular weight excluding hydrogens is 257 g/mol. The number of rotatable bonds is 5. The molecule has 0 aliphatic carbocycles. The summed E-state index contributed by atoms with van der Waals surface area (Å²) in [5.74, 6) is 0. The maximum absolute atomic E-state index is 12.4. The molecule has 1 atom stereocenters. The maximum atomic E-state index is 12.4. The van der Waals surface area contributed by atoms with Crippen molar-refractivity contribution in [2.45, 2.75) is 44.5 Å². The van der Waals surface area contributed by atoms with Crippen molar-refractivity contribution in [1.82, 2.24) is 4.98 Å². The van der Waals surface area contributed by atoms with Crippen molar-refractivity contribution in [3.8, 4) is 0 Å². The van der Waals surface area contributed by atoms with Crippen LogP contribution in [0.25, 0.3) is 0 Å². The minimum absolute atomic E-state index is 0.302. The lowest BCUT2D eigenvalue weighted by atomic mass is 9.97. The summed E-state index contributed by atoms with van der Waals surface area (Å²) < 4.78 is 42.4. The van der Waals surface area contributed by atoms with Crippen molar-refractivity contribution in [2.24, 2.45) is 5.73 Å². The summed E-state index contributed by atoms with van der Waals surface area (Å²) in [4.78, 5) is 3.79. The van der Waals surface area contributed by atoms with E-state index in [0.717, 1.165) is 12.3 Å². The molecule has 1 aromatic rings. The molecule has 19 heavy (non-hydrogen) atoms. The zero-order valence-corrected chi connectivity index (χ0v) is 11.3. The summed E-state index contributed by atoms with van der Waals surface area (Å²) in [6.45, 7) is 3.86. The summed E-state index contributed by atoms with van der Waals surface area (Å²) in [6, 6.07) is 1.94. The van der Waals surface area contributed by atoms with Gasteiger partial charge in [-0.05, 0) is 38.8 Å². The third-order valence-corrected chi connectivity index (χ3v) is 3.10. The number of aromatic nitrogens is 1. The van der Waals surface area contributed by atoms with Crippen LogP contribution in [0.2, 0.25) is 0 Å². The van der Waals surface area contributed by atoms with Crippen molar-refractivity contribution in [3.63, 3.8) is 0 Å². The van der Waals surface area contributed by atoms with Crippen LogP contribution >= 0.6 is 0 Å². The highest BCUT2D eigenvalue weighted by Gasteiger charge is 2.30. The number of ether oxygens (including phenoxy) is 1. The first kappa shape index (κ1) is 15.9. The molecule has 0 amide bonds. The van der Waals surface area contributed by atoms with E-state index in [1.54, 1.807) is 7.11 Å². The first-order valence-electron chi connectivity index (χ1n) is 5.99. The second-order valence-electron chi connectivity index (χ2n) is 5.08. The average Bonchev–Trinajstić information content (AvgIpc) is 2.35. The van der Waals surface area contributed by atoms with Gasteiger partial charge in [0.25, 0.3) is 0 Å². The Morgan fingerprint density at radius 3 is 2.37 bits per heavy atom. The van der Waals surface area contributed by atoms with Crippen molar-refractivity contribution in [3.05, 3.63) is 29.6 Å². The molecule has 0 aromatic carbocycles. The fourth-order valence-corrected chi connectivity index (χ4v) is 1.55. The van der Waals surface area contributed by atoms with Crippen molar-refractivity contribution >= 4 is 0 Å².